The van der Waals surface area contributed by atoms with E-state index in [1.54, 1.807) is 43.2 Å². The van der Waals surface area contributed by atoms with Crippen LogP contribution in [0.25, 0.3) is 16.7 Å². The van der Waals surface area contributed by atoms with E-state index in [-0.39, 0.29) is 17.5 Å². The van der Waals surface area contributed by atoms with E-state index < -0.39 is 0 Å². The number of carbonyl (C=O) groups is 1. The van der Waals surface area contributed by atoms with E-state index in [0.717, 1.165) is 0 Å². The van der Waals surface area contributed by atoms with Gasteiger partial charge in [0.25, 0.3) is 11.5 Å². The van der Waals surface area contributed by atoms with Gasteiger partial charge in [0, 0.05) is 39.6 Å². The average Bonchev–Trinajstić information content (AvgIpc) is 3.01. The molecule has 0 aliphatic carbocycles. The van der Waals surface area contributed by atoms with Crippen molar-refractivity contribution >= 4 is 22.6 Å². The summed E-state index contributed by atoms with van der Waals surface area (Å²) in [6.45, 7) is 3.34. The molecule has 144 valence electrons. The van der Waals surface area contributed by atoms with Gasteiger partial charge in [0.1, 0.15) is 17.0 Å². The zero-order valence-corrected chi connectivity index (χ0v) is 15.8. The van der Waals surface area contributed by atoms with Crippen LogP contribution in [0.4, 0.5) is 0 Å². The second-order valence-electron chi connectivity index (χ2n) is 6.44. The first-order valence-corrected chi connectivity index (χ1v) is 8.86. The molecule has 0 aromatic carbocycles. The van der Waals surface area contributed by atoms with E-state index in [1.165, 1.54) is 4.40 Å². The topological polar surface area (TPSA) is 86.9 Å². The van der Waals surface area contributed by atoms with Gasteiger partial charge in [-0.15, -0.1) is 0 Å². The Hall–Kier alpha value is -2.71. The Balaban J connectivity index is 2.11. The number of ether oxygens (including phenoxy) is 2. The molecule has 3 aromatic heterocycles. The molecule has 0 bridgehead atoms. The zero-order valence-electron chi connectivity index (χ0n) is 15.8. The Morgan fingerprint density at radius 3 is 2.85 bits per heavy atom. The van der Waals surface area contributed by atoms with Crippen molar-refractivity contribution in [2.24, 2.45) is 0 Å². The number of fused-ring (bicyclic) bond motifs is 2. The summed E-state index contributed by atoms with van der Waals surface area (Å²) >= 11 is 0. The highest BCUT2D eigenvalue weighted by atomic mass is 16.5. The summed E-state index contributed by atoms with van der Waals surface area (Å²) in [4.78, 5) is 30.3. The summed E-state index contributed by atoms with van der Waals surface area (Å²) in [6.07, 6.45) is 2.37. The summed E-state index contributed by atoms with van der Waals surface area (Å²) in [5, 5.41) is 3.31. The molecule has 0 saturated carbocycles. The van der Waals surface area contributed by atoms with Crippen molar-refractivity contribution in [2.45, 2.75) is 25.9 Å². The van der Waals surface area contributed by atoms with Gasteiger partial charge in [0.05, 0.1) is 12.0 Å². The quantitative estimate of drug-likeness (QED) is 0.605. The summed E-state index contributed by atoms with van der Waals surface area (Å²) in [7, 11) is 3.22. The summed E-state index contributed by atoms with van der Waals surface area (Å²) < 4.78 is 13.5. The molecule has 8 heteroatoms. The van der Waals surface area contributed by atoms with Crippen LogP contribution in [0.15, 0.2) is 35.3 Å². The number of nitrogens with zero attached hydrogens (tertiary/aromatic N) is 3. The highest BCUT2D eigenvalue weighted by Crippen LogP contribution is 2.17. The number of hydrogen-bond acceptors (Lipinski definition) is 5. The third-order valence-electron chi connectivity index (χ3n) is 4.33. The third-order valence-corrected chi connectivity index (χ3v) is 4.33. The monoisotopic (exact) mass is 372 g/mol. The second-order valence-corrected chi connectivity index (χ2v) is 6.44. The largest absolute Gasteiger partial charge is 0.385 e. The van der Waals surface area contributed by atoms with Gasteiger partial charge in [0.15, 0.2) is 0 Å². The standard InChI is InChI=1S/C19H24N4O4/c1-13(12-27-3)20-18(24)15-11-14-17(22(15)9-6-10-26-2)21-16-7-4-5-8-23(16)19(14)25/h4-5,7-8,11,13H,6,9-10,12H2,1-3H3,(H,20,24). The molecule has 0 saturated heterocycles. The number of pyridine rings is 1. The lowest BCUT2D eigenvalue weighted by atomic mass is 10.3. The number of amides is 1. The highest BCUT2D eigenvalue weighted by Gasteiger charge is 2.20. The SMILES string of the molecule is COCCCn1c(C(=O)NC(C)COC)cc2c(=O)n3ccccc3nc21. The number of methoxy groups -OCH3 is 2. The lowest BCUT2D eigenvalue weighted by molar-refractivity contribution is 0.0895. The summed E-state index contributed by atoms with van der Waals surface area (Å²) in [6, 6.07) is 6.84. The molecule has 3 aromatic rings. The summed E-state index contributed by atoms with van der Waals surface area (Å²) in [5.74, 6) is -0.261. The van der Waals surface area contributed by atoms with E-state index in [1.807, 2.05) is 13.0 Å². The minimum absolute atomic E-state index is 0.152. The molecule has 1 N–H and O–H groups in total. The molecular weight excluding hydrogens is 348 g/mol. The lowest BCUT2D eigenvalue weighted by Gasteiger charge is -2.14. The highest BCUT2D eigenvalue weighted by molar-refractivity contribution is 5.98. The van der Waals surface area contributed by atoms with Crippen LogP contribution in [-0.4, -0.2) is 53.3 Å². The number of aromatic nitrogens is 3. The first kappa shape index (κ1) is 19.1. The van der Waals surface area contributed by atoms with Crippen LogP contribution in [0.3, 0.4) is 0 Å². The Bertz CT molecular complexity index is 1010. The van der Waals surface area contributed by atoms with Crippen molar-refractivity contribution in [1.82, 2.24) is 19.3 Å². The van der Waals surface area contributed by atoms with Crippen molar-refractivity contribution in [2.75, 3.05) is 27.4 Å². The molecular formula is C19H24N4O4. The van der Waals surface area contributed by atoms with E-state index in [9.17, 15) is 9.59 Å². The molecule has 3 rings (SSSR count). The first-order valence-electron chi connectivity index (χ1n) is 8.86. The van der Waals surface area contributed by atoms with E-state index >= 15 is 0 Å². The molecule has 8 nitrogen and oxygen atoms in total. The molecule has 0 aliphatic heterocycles. The number of carbonyl (C=O) groups excluding carboxylic acids is 1. The predicted octanol–water partition coefficient (Wildman–Crippen LogP) is 1.45. The fourth-order valence-corrected chi connectivity index (χ4v) is 3.12. The molecule has 3 heterocycles. The van der Waals surface area contributed by atoms with Crippen molar-refractivity contribution in [3.63, 3.8) is 0 Å². The van der Waals surface area contributed by atoms with Crippen LogP contribution in [0.5, 0.6) is 0 Å². The maximum absolute atomic E-state index is 12.9. The fourth-order valence-electron chi connectivity index (χ4n) is 3.12. The van der Waals surface area contributed by atoms with Crippen LogP contribution in [-0.2, 0) is 16.0 Å². The van der Waals surface area contributed by atoms with Gasteiger partial charge in [-0.05, 0) is 31.5 Å². The molecule has 0 radical (unpaired) electrons. The zero-order chi connectivity index (χ0) is 19.4. The van der Waals surface area contributed by atoms with Gasteiger partial charge < -0.3 is 19.4 Å². The van der Waals surface area contributed by atoms with E-state index in [0.29, 0.717) is 48.6 Å². The van der Waals surface area contributed by atoms with Gasteiger partial charge >= 0.3 is 0 Å². The first-order chi connectivity index (χ1) is 13.1. The molecule has 0 aliphatic rings. The fraction of sp³-hybridized carbons (Fsp3) is 0.421. The van der Waals surface area contributed by atoms with Crippen LogP contribution in [0.1, 0.15) is 23.8 Å². The Morgan fingerprint density at radius 1 is 1.30 bits per heavy atom. The smallest absolute Gasteiger partial charge is 0.268 e. The molecule has 1 atom stereocenters. The van der Waals surface area contributed by atoms with E-state index in [4.69, 9.17) is 9.47 Å². The number of hydrogen-bond donors (Lipinski definition) is 1. The lowest BCUT2D eigenvalue weighted by Crippen LogP contribution is -2.36. The number of aryl methyl sites for hydroxylation is 1. The van der Waals surface area contributed by atoms with Crippen LogP contribution in [0, 0.1) is 0 Å². The van der Waals surface area contributed by atoms with Crippen molar-refractivity contribution in [3.05, 3.63) is 46.5 Å². The van der Waals surface area contributed by atoms with Gasteiger partial charge in [-0.3, -0.25) is 14.0 Å². The molecule has 0 fully saturated rings. The average molecular weight is 372 g/mol. The number of nitrogens with one attached hydrogen (secondary N) is 1. The van der Waals surface area contributed by atoms with Crippen molar-refractivity contribution < 1.29 is 14.3 Å². The van der Waals surface area contributed by atoms with Crippen molar-refractivity contribution in [1.29, 1.82) is 0 Å². The van der Waals surface area contributed by atoms with Gasteiger partial charge in [0.2, 0.25) is 0 Å². The second kappa shape index (κ2) is 8.32. The van der Waals surface area contributed by atoms with Crippen LogP contribution >= 0.6 is 0 Å². The molecule has 1 unspecified atom stereocenters. The minimum atomic E-state index is -0.261. The predicted molar refractivity (Wildman–Crippen MR) is 102 cm³/mol. The normalized spacial score (nSPS) is 12.6. The number of rotatable bonds is 8. The maximum Gasteiger partial charge on any atom is 0.268 e. The van der Waals surface area contributed by atoms with Crippen LogP contribution < -0.4 is 10.9 Å². The van der Waals surface area contributed by atoms with E-state index in [2.05, 4.69) is 10.3 Å². The van der Waals surface area contributed by atoms with Crippen molar-refractivity contribution in [3.8, 4) is 0 Å². The Labute approximate surface area is 156 Å². The van der Waals surface area contributed by atoms with Gasteiger partial charge in [-0.1, -0.05) is 6.07 Å². The molecule has 0 spiro atoms. The summed E-state index contributed by atoms with van der Waals surface area (Å²) in [5.41, 5.74) is 1.26. The van der Waals surface area contributed by atoms with Gasteiger partial charge in [-0.25, -0.2) is 4.98 Å². The molecule has 1 amide bonds. The molecule has 27 heavy (non-hydrogen) atoms. The maximum atomic E-state index is 12.9. The Morgan fingerprint density at radius 2 is 2.11 bits per heavy atom. The Kier molecular flexibility index (Phi) is 5.88. The van der Waals surface area contributed by atoms with Gasteiger partial charge in [-0.2, -0.15) is 0 Å². The third kappa shape index (κ3) is 3.86. The van der Waals surface area contributed by atoms with Crippen LogP contribution in [0.2, 0.25) is 0 Å². The minimum Gasteiger partial charge on any atom is -0.385 e.